The molecule has 2 saturated heterocycles. The summed E-state index contributed by atoms with van der Waals surface area (Å²) >= 11 is 0. The van der Waals surface area contributed by atoms with Crippen molar-refractivity contribution in [3.63, 3.8) is 0 Å². The molecule has 3 rings (SSSR count). The average Bonchev–Trinajstić information content (AvgIpc) is 2.66. The Labute approximate surface area is 150 Å². The minimum absolute atomic E-state index is 0.0537. The van der Waals surface area contributed by atoms with E-state index < -0.39 is 0 Å². The van der Waals surface area contributed by atoms with E-state index in [1.165, 1.54) is 5.56 Å². The van der Waals surface area contributed by atoms with E-state index in [1.807, 2.05) is 23.1 Å². The minimum Gasteiger partial charge on any atom is -0.377 e. The van der Waals surface area contributed by atoms with Gasteiger partial charge in [0.2, 0.25) is 5.91 Å². The molecule has 2 aliphatic heterocycles. The van der Waals surface area contributed by atoms with Crippen LogP contribution in [-0.2, 0) is 20.7 Å². The number of carbonyl (C=O) groups excluding carboxylic acids is 1. The molecule has 25 heavy (non-hydrogen) atoms. The third kappa shape index (κ3) is 4.50. The van der Waals surface area contributed by atoms with E-state index in [0.29, 0.717) is 19.6 Å². The molecule has 136 valence electrons. The summed E-state index contributed by atoms with van der Waals surface area (Å²) in [6.45, 7) is 7.29. The summed E-state index contributed by atoms with van der Waals surface area (Å²) in [6.07, 6.45) is 6.38. The van der Waals surface area contributed by atoms with Gasteiger partial charge in [-0.3, -0.25) is 4.79 Å². The molecule has 2 fully saturated rings. The zero-order chi connectivity index (χ0) is 17.5. The molecule has 2 unspecified atom stereocenters. The lowest BCUT2D eigenvalue weighted by Crippen LogP contribution is -2.58. The number of likely N-dealkylation sites (tertiary alicyclic amines) is 1. The Balaban J connectivity index is 1.60. The molecule has 0 aromatic heterocycles. The van der Waals surface area contributed by atoms with E-state index >= 15 is 0 Å². The molecular weight excluding hydrogens is 314 g/mol. The lowest BCUT2D eigenvalue weighted by atomic mass is 9.73. The zero-order valence-corrected chi connectivity index (χ0v) is 15.0. The van der Waals surface area contributed by atoms with E-state index in [-0.39, 0.29) is 17.4 Å². The highest BCUT2D eigenvalue weighted by Gasteiger charge is 2.47. The van der Waals surface area contributed by atoms with Gasteiger partial charge in [0.1, 0.15) is 0 Å². The molecule has 2 aliphatic rings. The van der Waals surface area contributed by atoms with Crippen LogP contribution < -0.4 is 0 Å². The molecule has 1 aromatic rings. The van der Waals surface area contributed by atoms with Crippen LogP contribution in [0.15, 0.2) is 43.0 Å². The summed E-state index contributed by atoms with van der Waals surface area (Å²) in [5, 5.41) is 0. The molecule has 0 spiro atoms. The first kappa shape index (κ1) is 18.2. The van der Waals surface area contributed by atoms with Gasteiger partial charge >= 0.3 is 0 Å². The summed E-state index contributed by atoms with van der Waals surface area (Å²) in [4.78, 5) is 14.8. The van der Waals surface area contributed by atoms with Crippen molar-refractivity contribution in [2.24, 2.45) is 5.41 Å². The predicted molar refractivity (Wildman–Crippen MR) is 98.4 cm³/mol. The maximum absolute atomic E-state index is 12.7. The smallest absolute Gasteiger partial charge is 0.222 e. The average molecular weight is 343 g/mol. The Morgan fingerprint density at radius 1 is 1.40 bits per heavy atom. The molecule has 0 aliphatic carbocycles. The third-order valence-electron chi connectivity index (χ3n) is 5.44. The van der Waals surface area contributed by atoms with Crippen molar-refractivity contribution in [3.05, 3.63) is 48.6 Å². The Morgan fingerprint density at radius 3 is 3.04 bits per heavy atom. The van der Waals surface area contributed by atoms with Gasteiger partial charge < -0.3 is 14.4 Å². The maximum atomic E-state index is 12.7. The highest BCUT2D eigenvalue weighted by molar-refractivity contribution is 5.76. The van der Waals surface area contributed by atoms with Gasteiger partial charge in [-0.05, 0) is 31.2 Å². The molecule has 0 N–H and O–H groups in total. The van der Waals surface area contributed by atoms with Crippen LogP contribution in [-0.4, -0.2) is 49.8 Å². The van der Waals surface area contributed by atoms with E-state index in [4.69, 9.17) is 9.47 Å². The largest absolute Gasteiger partial charge is 0.377 e. The molecule has 2 heterocycles. The van der Waals surface area contributed by atoms with Crippen molar-refractivity contribution in [3.8, 4) is 0 Å². The topological polar surface area (TPSA) is 38.8 Å². The molecule has 4 nitrogen and oxygen atoms in total. The van der Waals surface area contributed by atoms with Crippen LogP contribution in [0, 0.1) is 5.41 Å². The van der Waals surface area contributed by atoms with Crippen molar-refractivity contribution in [2.45, 2.75) is 38.2 Å². The van der Waals surface area contributed by atoms with Crippen LogP contribution >= 0.6 is 0 Å². The fourth-order valence-corrected chi connectivity index (χ4v) is 4.11. The van der Waals surface area contributed by atoms with Crippen LogP contribution in [0.3, 0.4) is 0 Å². The van der Waals surface area contributed by atoms with Gasteiger partial charge in [0.15, 0.2) is 0 Å². The quantitative estimate of drug-likeness (QED) is 0.564. The first-order valence-electron chi connectivity index (χ1n) is 9.35. The van der Waals surface area contributed by atoms with Crippen molar-refractivity contribution in [1.29, 1.82) is 0 Å². The zero-order valence-electron chi connectivity index (χ0n) is 15.0. The minimum atomic E-state index is -0.0537. The second kappa shape index (κ2) is 8.63. The van der Waals surface area contributed by atoms with Gasteiger partial charge in [0, 0.05) is 31.5 Å². The number of rotatable bonds is 7. The Kier molecular flexibility index (Phi) is 6.27. The summed E-state index contributed by atoms with van der Waals surface area (Å²) in [5.41, 5.74) is 1.16. The number of nitrogens with zero attached hydrogens (tertiary/aromatic N) is 1. The van der Waals surface area contributed by atoms with Gasteiger partial charge in [0.25, 0.3) is 0 Å². The number of amides is 1. The highest BCUT2D eigenvalue weighted by atomic mass is 16.5. The van der Waals surface area contributed by atoms with Gasteiger partial charge in [-0.15, -0.1) is 6.58 Å². The summed E-state index contributed by atoms with van der Waals surface area (Å²) in [5.74, 6) is 0.246. The summed E-state index contributed by atoms with van der Waals surface area (Å²) < 4.78 is 11.8. The molecular formula is C21H29NO3. The molecule has 0 bridgehead atoms. The van der Waals surface area contributed by atoms with Crippen molar-refractivity contribution in [2.75, 3.05) is 32.9 Å². The van der Waals surface area contributed by atoms with Crippen LogP contribution in [0.5, 0.6) is 0 Å². The van der Waals surface area contributed by atoms with E-state index in [1.54, 1.807) is 6.08 Å². The number of hydrogen-bond donors (Lipinski definition) is 0. The fraction of sp³-hybridized carbons (Fsp3) is 0.571. The molecule has 0 saturated carbocycles. The number of ether oxygens (including phenoxy) is 2. The van der Waals surface area contributed by atoms with Gasteiger partial charge in [-0.1, -0.05) is 36.4 Å². The monoisotopic (exact) mass is 343 g/mol. The lowest BCUT2D eigenvalue weighted by molar-refractivity contribution is -0.163. The van der Waals surface area contributed by atoms with Crippen molar-refractivity contribution in [1.82, 2.24) is 4.90 Å². The maximum Gasteiger partial charge on any atom is 0.222 e. The lowest BCUT2D eigenvalue weighted by Gasteiger charge is -2.50. The van der Waals surface area contributed by atoms with E-state index in [0.717, 1.165) is 45.4 Å². The fourth-order valence-electron chi connectivity index (χ4n) is 4.11. The number of fused-ring (bicyclic) bond motifs is 1. The number of aryl methyl sites for hydroxylation is 1. The SMILES string of the molecule is C=CCOCC12CCCOC1CCN(C(=O)CCc1ccccc1)C2. The Bertz CT molecular complexity index is 574. The molecule has 1 aromatic carbocycles. The number of carbonyl (C=O) groups is 1. The summed E-state index contributed by atoms with van der Waals surface area (Å²) in [6, 6.07) is 10.2. The van der Waals surface area contributed by atoms with Crippen molar-refractivity contribution >= 4 is 5.91 Å². The summed E-state index contributed by atoms with van der Waals surface area (Å²) in [7, 11) is 0. The number of benzene rings is 1. The van der Waals surface area contributed by atoms with Gasteiger partial charge in [-0.2, -0.15) is 0 Å². The normalized spacial score (nSPS) is 26.1. The van der Waals surface area contributed by atoms with E-state index in [9.17, 15) is 4.79 Å². The number of piperidine rings is 1. The highest BCUT2D eigenvalue weighted by Crippen LogP contribution is 2.40. The molecule has 4 heteroatoms. The molecule has 1 amide bonds. The van der Waals surface area contributed by atoms with Gasteiger partial charge in [0.05, 0.1) is 19.3 Å². The van der Waals surface area contributed by atoms with Gasteiger partial charge in [-0.25, -0.2) is 0 Å². The van der Waals surface area contributed by atoms with E-state index in [2.05, 4.69) is 18.7 Å². The Hall–Kier alpha value is -1.65. The second-order valence-electron chi connectivity index (χ2n) is 7.22. The van der Waals surface area contributed by atoms with Crippen LogP contribution in [0.1, 0.15) is 31.2 Å². The van der Waals surface area contributed by atoms with Crippen LogP contribution in [0.4, 0.5) is 0 Å². The molecule has 0 radical (unpaired) electrons. The van der Waals surface area contributed by atoms with Crippen LogP contribution in [0.25, 0.3) is 0 Å². The van der Waals surface area contributed by atoms with Crippen LogP contribution in [0.2, 0.25) is 0 Å². The standard InChI is InChI=1S/C21H29NO3/c1-2-14-24-17-21-12-6-15-25-19(21)11-13-22(16-21)20(23)10-9-18-7-4-3-5-8-18/h2-5,7-8,19H,1,6,9-17H2. The first-order chi connectivity index (χ1) is 12.2. The number of hydrogen-bond acceptors (Lipinski definition) is 3. The second-order valence-corrected chi connectivity index (χ2v) is 7.22. The first-order valence-corrected chi connectivity index (χ1v) is 9.35. The third-order valence-corrected chi connectivity index (χ3v) is 5.44. The molecule has 2 atom stereocenters. The van der Waals surface area contributed by atoms with Crippen molar-refractivity contribution < 1.29 is 14.3 Å². The predicted octanol–water partition coefficient (Wildman–Crippen LogP) is 3.22. The Morgan fingerprint density at radius 2 is 2.24 bits per heavy atom.